The first kappa shape index (κ1) is 19.3. The van der Waals surface area contributed by atoms with E-state index in [-0.39, 0.29) is 29.2 Å². The number of unbranched alkanes of at least 4 members (excludes halogenated alkanes) is 2. The van der Waals surface area contributed by atoms with Gasteiger partial charge in [-0.05, 0) is 19.8 Å². The van der Waals surface area contributed by atoms with Crippen LogP contribution in [-0.2, 0) is 23.8 Å². The summed E-state index contributed by atoms with van der Waals surface area (Å²) in [4.78, 5) is 24.2. The Morgan fingerprint density at radius 3 is 2.20 bits per heavy atom. The molecule has 0 fully saturated rings. The van der Waals surface area contributed by atoms with E-state index in [0.29, 0.717) is 13.2 Å². The van der Waals surface area contributed by atoms with Crippen LogP contribution in [0.1, 0.15) is 46.5 Å². The molecule has 1 unspecified atom stereocenters. The molecule has 0 aromatic rings. The molecule has 1 atom stereocenters. The smallest absolute Gasteiger partial charge is 0.341 e. The molecule has 0 heterocycles. The lowest BCUT2D eigenvalue weighted by Crippen LogP contribution is -2.52. The lowest BCUT2D eigenvalue weighted by atomic mass is 10.2. The second-order valence-electron chi connectivity index (χ2n) is 4.79. The number of esters is 1. The second kappa shape index (κ2) is 11.0. The minimum absolute atomic E-state index is 0.0888. The van der Waals surface area contributed by atoms with Gasteiger partial charge in [0.25, 0.3) is 0 Å². The van der Waals surface area contributed by atoms with Crippen molar-refractivity contribution in [1.29, 1.82) is 0 Å². The van der Waals surface area contributed by atoms with Crippen LogP contribution < -0.4 is 0 Å². The number of ketones is 1. The van der Waals surface area contributed by atoms with Gasteiger partial charge >= 0.3 is 5.97 Å². The average Bonchev–Trinajstić information content (AvgIpc) is 2.43. The Kier molecular flexibility index (Phi) is 10.6. The maximum Gasteiger partial charge on any atom is 0.341 e. The fourth-order valence-electron chi connectivity index (χ4n) is 1.49. The highest BCUT2D eigenvalue weighted by atomic mass is 28.1. The Labute approximate surface area is 124 Å². The first-order chi connectivity index (χ1) is 9.52. The molecular formula is C14H28O5Si. The van der Waals surface area contributed by atoms with Gasteiger partial charge in [0.05, 0.1) is 16.8 Å². The van der Waals surface area contributed by atoms with Crippen LogP contribution in [0.15, 0.2) is 0 Å². The standard InChI is InChI=1S/C14H28O5Si/c1-4-7-9-17-11-12(15)14(20,13(16)18-6-3)19-10-8-5-2/h4-11H2,1-3,20H3. The van der Waals surface area contributed by atoms with Crippen molar-refractivity contribution in [2.75, 3.05) is 26.4 Å². The minimum atomic E-state index is -1.42. The van der Waals surface area contributed by atoms with Gasteiger partial charge in [-0.3, -0.25) is 4.79 Å². The van der Waals surface area contributed by atoms with Crippen LogP contribution in [0.3, 0.4) is 0 Å². The molecule has 0 aliphatic heterocycles. The van der Waals surface area contributed by atoms with Gasteiger partial charge in [-0.25, -0.2) is 4.79 Å². The van der Waals surface area contributed by atoms with Crippen LogP contribution >= 0.6 is 0 Å². The van der Waals surface area contributed by atoms with Crippen molar-refractivity contribution in [3.05, 3.63) is 0 Å². The molecule has 5 nitrogen and oxygen atoms in total. The molecule has 6 heteroatoms. The Morgan fingerprint density at radius 1 is 1.05 bits per heavy atom. The van der Waals surface area contributed by atoms with E-state index in [1.807, 2.05) is 6.92 Å². The zero-order chi connectivity index (χ0) is 15.4. The third-order valence-corrected chi connectivity index (χ3v) is 4.22. The summed E-state index contributed by atoms with van der Waals surface area (Å²) in [5.41, 5.74) is 0. The Hall–Kier alpha value is -0.723. The predicted octanol–water partition coefficient (Wildman–Crippen LogP) is 0.814. The average molecular weight is 304 g/mol. The molecule has 0 aromatic carbocycles. The van der Waals surface area contributed by atoms with Gasteiger partial charge in [-0.15, -0.1) is 0 Å². The molecule has 0 saturated carbocycles. The molecule has 0 aliphatic carbocycles. The molecular weight excluding hydrogens is 276 g/mol. The normalized spacial score (nSPS) is 13.9. The van der Waals surface area contributed by atoms with Gasteiger partial charge in [0.2, 0.25) is 5.22 Å². The highest BCUT2D eigenvalue weighted by Crippen LogP contribution is 2.13. The van der Waals surface area contributed by atoms with E-state index >= 15 is 0 Å². The molecule has 0 bridgehead atoms. The topological polar surface area (TPSA) is 61.8 Å². The van der Waals surface area contributed by atoms with Gasteiger partial charge in [0.15, 0.2) is 5.78 Å². The maximum absolute atomic E-state index is 12.2. The number of rotatable bonds is 12. The zero-order valence-corrected chi connectivity index (χ0v) is 15.2. The SMILES string of the molecule is CCCCOCC(=O)C([SiH3])(OCCCC)C(=O)OCC. The van der Waals surface area contributed by atoms with Crippen LogP contribution in [0.4, 0.5) is 0 Å². The van der Waals surface area contributed by atoms with Crippen molar-refractivity contribution in [3.8, 4) is 0 Å². The van der Waals surface area contributed by atoms with E-state index in [2.05, 4.69) is 6.92 Å². The summed E-state index contributed by atoms with van der Waals surface area (Å²) < 4.78 is 15.8. The summed E-state index contributed by atoms with van der Waals surface area (Å²) in [6.45, 7) is 6.86. The Morgan fingerprint density at radius 2 is 1.65 bits per heavy atom. The van der Waals surface area contributed by atoms with E-state index in [1.54, 1.807) is 6.92 Å². The van der Waals surface area contributed by atoms with Crippen molar-refractivity contribution >= 4 is 22.0 Å². The first-order valence-electron chi connectivity index (χ1n) is 7.45. The van der Waals surface area contributed by atoms with Gasteiger partial charge in [-0.2, -0.15) is 0 Å². The van der Waals surface area contributed by atoms with E-state index in [9.17, 15) is 9.59 Å². The van der Waals surface area contributed by atoms with E-state index < -0.39 is 11.2 Å². The number of Topliss-reactive ketones (excluding diaryl/α,β-unsaturated/α-hetero) is 1. The largest absolute Gasteiger partial charge is 0.464 e. The predicted molar refractivity (Wildman–Crippen MR) is 80.9 cm³/mol. The monoisotopic (exact) mass is 304 g/mol. The minimum Gasteiger partial charge on any atom is -0.464 e. The number of carbonyl (C=O) groups is 2. The Bertz CT molecular complexity index is 295. The Balaban J connectivity index is 4.55. The van der Waals surface area contributed by atoms with E-state index in [1.165, 1.54) is 0 Å². The van der Waals surface area contributed by atoms with Crippen molar-refractivity contribution in [2.45, 2.75) is 51.7 Å². The zero-order valence-electron chi connectivity index (χ0n) is 13.2. The van der Waals surface area contributed by atoms with Crippen molar-refractivity contribution in [1.82, 2.24) is 0 Å². The lowest BCUT2D eigenvalue weighted by molar-refractivity contribution is -0.168. The number of ether oxygens (including phenoxy) is 3. The first-order valence-corrected chi connectivity index (χ1v) is 8.45. The third kappa shape index (κ3) is 6.63. The van der Waals surface area contributed by atoms with Gasteiger partial charge in [0, 0.05) is 13.2 Å². The van der Waals surface area contributed by atoms with Crippen LogP contribution in [0.25, 0.3) is 0 Å². The molecule has 0 N–H and O–H groups in total. The lowest BCUT2D eigenvalue weighted by Gasteiger charge is -2.26. The summed E-state index contributed by atoms with van der Waals surface area (Å²) in [7, 11) is 0.260. The summed E-state index contributed by atoms with van der Waals surface area (Å²) in [5.74, 6) is -0.901. The summed E-state index contributed by atoms with van der Waals surface area (Å²) >= 11 is 0. The van der Waals surface area contributed by atoms with E-state index in [4.69, 9.17) is 14.2 Å². The van der Waals surface area contributed by atoms with E-state index in [0.717, 1.165) is 25.7 Å². The highest BCUT2D eigenvalue weighted by Gasteiger charge is 2.43. The summed E-state index contributed by atoms with van der Waals surface area (Å²) in [5, 5.41) is -1.42. The maximum atomic E-state index is 12.2. The van der Waals surface area contributed by atoms with Crippen molar-refractivity contribution in [3.63, 3.8) is 0 Å². The highest BCUT2D eigenvalue weighted by molar-refractivity contribution is 6.39. The van der Waals surface area contributed by atoms with Crippen molar-refractivity contribution in [2.24, 2.45) is 0 Å². The van der Waals surface area contributed by atoms with Gasteiger partial charge in [0.1, 0.15) is 6.61 Å². The molecule has 0 saturated heterocycles. The fourth-order valence-corrected chi connectivity index (χ4v) is 1.98. The molecule has 20 heavy (non-hydrogen) atoms. The molecule has 0 spiro atoms. The number of hydrogen-bond acceptors (Lipinski definition) is 5. The summed E-state index contributed by atoms with van der Waals surface area (Å²) in [6.07, 6.45) is 3.66. The number of carbonyl (C=O) groups excluding carboxylic acids is 2. The van der Waals surface area contributed by atoms with Crippen molar-refractivity contribution < 1.29 is 23.8 Å². The fraction of sp³-hybridized carbons (Fsp3) is 0.857. The molecule has 118 valence electrons. The molecule has 0 amide bonds. The molecule has 0 radical (unpaired) electrons. The quantitative estimate of drug-likeness (QED) is 0.231. The second-order valence-corrected chi connectivity index (χ2v) is 6.19. The van der Waals surface area contributed by atoms with Gasteiger partial charge < -0.3 is 14.2 Å². The molecule has 0 aliphatic rings. The van der Waals surface area contributed by atoms with Crippen LogP contribution in [-0.4, -0.2) is 53.6 Å². The van der Waals surface area contributed by atoms with Crippen LogP contribution in [0.2, 0.25) is 0 Å². The van der Waals surface area contributed by atoms with Crippen LogP contribution in [0, 0.1) is 0 Å². The van der Waals surface area contributed by atoms with Crippen LogP contribution in [0.5, 0.6) is 0 Å². The van der Waals surface area contributed by atoms with Gasteiger partial charge in [-0.1, -0.05) is 26.7 Å². The molecule has 0 rings (SSSR count). The summed E-state index contributed by atoms with van der Waals surface area (Å²) in [6, 6.07) is 0. The third-order valence-electron chi connectivity index (χ3n) is 2.96. The number of hydrogen-bond donors (Lipinski definition) is 0. The molecule has 0 aromatic heterocycles.